The smallest absolute Gasteiger partial charge is 0.237 e. The van der Waals surface area contributed by atoms with Crippen molar-refractivity contribution in [2.75, 3.05) is 5.32 Å². The van der Waals surface area contributed by atoms with E-state index in [9.17, 15) is 4.79 Å². The van der Waals surface area contributed by atoms with Crippen molar-refractivity contribution in [2.24, 2.45) is 0 Å². The van der Waals surface area contributed by atoms with E-state index in [0.717, 1.165) is 16.4 Å². The molecule has 1 aromatic heterocycles. The van der Waals surface area contributed by atoms with Gasteiger partial charge in [-0.15, -0.1) is 0 Å². The summed E-state index contributed by atoms with van der Waals surface area (Å²) in [6.07, 6.45) is 1.51. The maximum Gasteiger partial charge on any atom is 0.237 e. The Morgan fingerprint density at radius 2 is 2.00 bits per heavy atom. The number of anilines is 1. The summed E-state index contributed by atoms with van der Waals surface area (Å²) in [5, 5.41) is 3.47. The highest BCUT2D eigenvalue weighted by atomic mass is 32.2. The lowest BCUT2D eigenvalue weighted by atomic mass is 10.3. The second-order valence-electron chi connectivity index (χ2n) is 4.11. The molecule has 0 aliphatic carbocycles. The van der Waals surface area contributed by atoms with E-state index in [1.165, 1.54) is 18.1 Å². The van der Waals surface area contributed by atoms with Gasteiger partial charge in [0.25, 0.3) is 0 Å². The number of para-hydroxylation sites is 1. The standard InChI is InChI=1S/C14H15N3OS/c1-10-8-13(16-9-15-10)19-11(2)14(18)17-12-6-4-3-5-7-12/h3-9,11H,1-2H3,(H,17,18)/t11-/m0/s1. The molecule has 0 aliphatic rings. The topological polar surface area (TPSA) is 54.9 Å². The second-order valence-corrected chi connectivity index (χ2v) is 5.47. The summed E-state index contributed by atoms with van der Waals surface area (Å²) < 4.78 is 0. The molecule has 1 N–H and O–H groups in total. The largest absolute Gasteiger partial charge is 0.325 e. The van der Waals surface area contributed by atoms with Crippen LogP contribution in [-0.2, 0) is 4.79 Å². The van der Waals surface area contributed by atoms with Gasteiger partial charge in [0, 0.05) is 11.4 Å². The maximum atomic E-state index is 12.0. The number of rotatable bonds is 4. The van der Waals surface area contributed by atoms with Gasteiger partial charge in [0.2, 0.25) is 5.91 Å². The normalized spacial score (nSPS) is 11.9. The van der Waals surface area contributed by atoms with Crippen LogP contribution >= 0.6 is 11.8 Å². The van der Waals surface area contributed by atoms with Gasteiger partial charge in [0.05, 0.1) is 5.25 Å². The Labute approximate surface area is 116 Å². The Hall–Kier alpha value is -1.88. The van der Waals surface area contributed by atoms with Crippen LogP contribution in [0.25, 0.3) is 0 Å². The molecule has 5 heteroatoms. The van der Waals surface area contributed by atoms with Crippen LogP contribution in [0.15, 0.2) is 47.8 Å². The predicted octanol–water partition coefficient (Wildman–Crippen LogP) is 2.90. The molecule has 0 saturated heterocycles. The van der Waals surface area contributed by atoms with Crippen molar-refractivity contribution in [1.82, 2.24) is 9.97 Å². The molecular formula is C14H15N3OS. The molecular weight excluding hydrogens is 258 g/mol. The van der Waals surface area contributed by atoms with E-state index in [0.29, 0.717) is 0 Å². The summed E-state index contributed by atoms with van der Waals surface area (Å²) in [7, 11) is 0. The minimum atomic E-state index is -0.213. The van der Waals surface area contributed by atoms with Crippen molar-refractivity contribution in [1.29, 1.82) is 0 Å². The van der Waals surface area contributed by atoms with Crippen molar-refractivity contribution in [3.05, 3.63) is 48.4 Å². The molecule has 0 unspecified atom stereocenters. The summed E-state index contributed by atoms with van der Waals surface area (Å²) in [5.41, 5.74) is 1.70. The Balaban J connectivity index is 1.96. The highest BCUT2D eigenvalue weighted by molar-refractivity contribution is 8.00. The quantitative estimate of drug-likeness (QED) is 0.687. The number of carbonyl (C=O) groups is 1. The van der Waals surface area contributed by atoms with Crippen LogP contribution < -0.4 is 5.32 Å². The number of amides is 1. The van der Waals surface area contributed by atoms with Gasteiger partial charge in [0.1, 0.15) is 11.4 Å². The van der Waals surface area contributed by atoms with Gasteiger partial charge in [-0.1, -0.05) is 30.0 Å². The summed E-state index contributed by atoms with van der Waals surface area (Å²) in [5.74, 6) is -0.0348. The third kappa shape index (κ3) is 4.06. The molecule has 1 heterocycles. The van der Waals surface area contributed by atoms with Gasteiger partial charge in [-0.05, 0) is 32.0 Å². The molecule has 2 rings (SSSR count). The average Bonchev–Trinajstić information content (AvgIpc) is 2.40. The number of nitrogens with one attached hydrogen (secondary N) is 1. The fourth-order valence-electron chi connectivity index (χ4n) is 1.49. The number of carbonyl (C=O) groups excluding carboxylic acids is 1. The molecule has 1 amide bonds. The van der Waals surface area contributed by atoms with Gasteiger partial charge in [-0.25, -0.2) is 9.97 Å². The first-order valence-corrected chi connectivity index (χ1v) is 6.84. The molecule has 19 heavy (non-hydrogen) atoms. The monoisotopic (exact) mass is 273 g/mol. The van der Waals surface area contributed by atoms with Crippen LogP contribution in [0.4, 0.5) is 5.69 Å². The Morgan fingerprint density at radius 1 is 1.26 bits per heavy atom. The zero-order chi connectivity index (χ0) is 13.7. The lowest BCUT2D eigenvalue weighted by Gasteiger charge is -2.11. The summed E-state index contributed by atoms with van der Waals surface area (Å²) in [6, 6.07) is 11.3. The molecule has 0 spiro atoms. The van der Waals surface area contributed by atoms with Crippen LogP contribution in [0.5, 0.6) is 0 Å². The number of aromatic nitrogens is 2. The molecule has 2 aromatic rings. The third-order valence-electron chi connectivity index (χ3n) is 2.49. The molecule has 0 bridgehead atoms. The van der Waals surface area contributed by atoms with Crippen LogP contribution in [0.1, 0.15) is 12.6 Å². The molecule has 0 radical (unpaired) electrons. The summed E-state index contributed by atoms with van der Waals surface area (Å²) in [4.78, 5) is 20.2. The maximum absolute atomic E-state index is 12.0. The first-order valence-electron chi connectivity index (χ1n) is 5.96. The van der Waals surface area contributed by atoms with Crippen molar-refractivity contribution < 1.29 is 4.79 Å². The number of hydrogen-bond donors (Lipinski definition) is 1. The first-order chi connectivity index (χ1) is 9.15. The number of hydrogen-bond acceptors (Lipinski definition) is 4. The fraction of sp³-hybridized carbons (Fsp3) is 0.214. The van der Waals surface area contributed by atoms with E-state index in [1.54, 1.807) is 0 Å². The minimum Gasteiger partial charge on any atom is -0.325 e. The lowest BCUT2D eigenvalue weighted by Crippen LogP contribution is -2.22. The van der Waals surface area contributed by atoms with E-state index < -0.39 is 0 Å². The highest BCUT2D eigenvalue weighted by Gasteiger charge is 2.15. The lowest BCUT2D eigenvalue weighted by molar-refractivity contribution is -0.115. The fourth-order valence-corrected chi connectivity index (χ4v) is 2.37. The van der Waals surface area contributed by atoms with E-state index in [2.05, 4.69) is 15.3 Å². The number of thioether (sulfide) groups is 1. The predicted molar refractivity (Wildman–Crippen MR) is 77.2 cm³/mol. The van der Waals surface area contributed by atoms with Crippen molar-refractivity contribution in [3.8, 4) is 0 Å². The van der Waals surface area contributed by atoms with Gasteiger partial charge in [0.15, 0.2) is 0 Å². The van der Waals surface area contributed by atoms with Crippen molar-refractivity contribution in [3.63, 3.8) is 0 Å². The van der Waals surface area contributed by atoms with Crippen LogP contribution in [-0.4, -0.2) is 21.1 Å². The number of aryl methyl sites for hydroxylation is 1. The van der Waals surface area contributed by atoms with Crippen molar-refractivity contribution >= 4 is 23.4 Å². The SMILES string of the molecule is Cc1cc(S[C@@H](C)C(=O)Nc2ccccc2)ncn1. The zero-order valence-corrected chi connectivity index (χ0v) is 11.6. The molecule has 4 nitrogen and oxygen atoms in total. The van der Waals surface area contributed by atoms with Gasteiger partial charge >= 0.3 is 0 Å². The van der Waals surface area contributed by atoms with E-state index in [1.807, 2.05) is 50.2 Å². The second kappa shape index (κ2) is 6.33. The zero-order valence-electron chi connectivity index (χ0n) is 10.8. The van der Waals surface area contributed by atoms with Crippen LogP contribution in [0.3, 0.4) is 0 Å². The summed E-state index contributed by atoms with van der Waals surface area (Å²) in [6.45, 7) is 3.76. The van der Waals surface area contributed by atoms with E-state index in [-0.39, 0.29) is 11.2 Å². The highest BCUT2D eigenvalue weighted by Crippen LogP contribution is 2.22. The molecule has 0 aliphatic heterocycles. The third-order valence-corrected chi connectivity index (χ3v) is 3.52. The molecule has 0 fully saturated rings. The van der Waals surface area contributed by atoms with Gasteiger partial charge in [-0.3, -0.25) is 4.79 Å². The van der Waals surface area contributed by atoms with E-state index >= 15 is 0 Å². The Bertz CT molecular complexity index is 560. The summed E-state index contributed by atoms with van der Waals surface area (Å²) >= 11 is 1.42. The molecule has 0 saturated carbocycles. The van der Waals surface area contributed by atoms with E-state index in [4.69, 9.17) is 0 Å². The Morgan fingerprint density at radius 3 is 2.68 bits per heavy atom. The van der Waals surface area contributed by atoms with Crippen molar-refractivity contribution in [2.45, 2.75) is 24.1 Å². The van der Waals surface area contributed by atoms with Gasteiger partial charge < -0.3 is 5.32 Å². The molecule has 1 aromatic carbocycles. The van der Waals surface area contributed by atoms with Crippen LogP contribution in [0.2, 0.25) is 0 Å². The minimum absolute atomic E-state index is 0.0348. The van der Waals surface area contributed by atoms with Crippen LogP contribution in [0, 0.1) is 6.92 Å². The molecule has 98 valence electrons. The number of benzene rings is 1. The van der Waals surface area contributed by atoms with Gasteiger partial charge in [-0.2, -0.15) is 0 Å². The molecule has 1 atom stereocenters. The average molecular weight is 273 g/mol. The Kier molecular flexibility index (Phi) is 4.52. The first kappa shape index (κ1) is 13.5. The number of nitrogens with zero attached hydrogens (tertiary/aromatic N) is 2.